The number of carbonyl (C=O) groups is 2. The highest BCUT2D eigenvalue weighted by Gasteiger charge is 2.41. The lowest BCUT2D eigenvalue weighted by atomic mass is 9.85. The Hall–Kier alpha value is -3.34. The molecule has 0 spiro atoms. The number of fused-ring (bicyclic) bond motifs is 1. The SMILES string of the molecule is CNc1ncc2c(n1)N(C1CCC(C(=O)O)CC1)C(=O)N(c1c(F)c(OC)cc(OC)c1Cl)C2. The first kappa shape index (κ1) is 23.8. The Kier molecular flexibility index (Phi) is 6.65. The van der Waals surface area contributed by atoms with Crippen molar-refractivity contribution in [3.8, 4) is 11.5 Å². The highest BCUT2D eigenvalue weighted by atomic mass is 35.5. The zero-order valence-electron chi connectivity index (χ0n) is 19.0. The van der Waals surface area contributed by atoms with E-state index in [9.17, 15) is 14.7 Å². The molecule has 1 aliphatic carbocycles. The molecule has 1 saturated carbocycles. The Morgan fingerprint density at radius 2 is 1.91 bits per heavy atom. The van der Waals surface area contributed by atoms with Crippen LogP contribution >= 0.6 is 11.6 Å². The summed E-state index contributed by atoms with van der Waals surface area (Å²) in [4.78, 5) is 36.7. The quantitative estimate of drug-likeness (QED) is 0.622. The van der Waals surface area contributed by atoms with Gasteiger partial charge in [0.15, 0.2) is 11.6 Å². The van der Waals surface area contributed by atoms with Gasteiger partial charge in [-0.2, -0.15) is 4.98 Å². The van der Waals surface area contributed by atoms with Gasteiger partial charge in [-0.1, -0.05) is 11.6 Å². The number of urea groups is 1. The Bertz CT molecular complexity index is 1100. The highest BCUT2D eigenvalue weighted by Crippen LogP contribution is 2.45. The number of hydrogen-bond acceptors (Lipinski definition) is 7. The maximum Gasteiger partial charge on any atom is 0.330 e. The molecule has 1 aliphatic heterocycles. The molecule has 0 unspecified atom stereocenters. The third-order valence-electron chi connectivity index (χ3n) is 6.29. The largest absolute Gasteiger partial charge is 0.495 e. The summed E-state index contributed by atoms with van der Waals surface area (Å²) < 4.78 is 25.8. The van der Waals surface area contributed by atoms with Gasteiger partial charge in [0.25, 0.3) is 0 Å². The number of carbonyl (C=O) groups excluding carboxylic acids is 1. The van der Waals surface area contributed by atoms with Gasteiger partial charge in [-0.25, -0.2) is 14.2 Å². The minimum atomic E-state index is -0.845. The number of carboxylic acid groups (broad SMARTS) is 1. The first-order chi connectivity index (χ1) is 16.3. The van der Waals surface area contributed by atoms with Crippen molar-refractivity contribution in [2.24, 2.45) is 5.92 Å². The number of amides is 2. The summed E-state index contributed by atoms with van der Waals surface area (Å²) in [5, 5.41) is 12.2. The van der Waals surface area contributed by atoms with Crippen molar-refractivity contribution in [2.45, 2.75) is 38.3 Å². The molecule has 1 aromatic heterocycles. The molecule has 0 radical (unpaired) electrons. The third kappa shape index (κ3) is 4.04. The van der Waals surface area contributed by atoms with Gasteiger partial charge in [-0.05, 0) is 25.7 Å². The van der Waals surface area contributed by atoms with E-state index < -0.39 is 23.7 Å². The number of aliphatic carboxylic acids is 1. The molecule has 182 valence electrons. The Labute approximate surface area is 200 Å². The number of carboxylic acids is 1. The van der Waals surface area contributed by atoms with Crippen molar-refractivity contribution >= 4 is 41.1 Å². The molecule has 2 heterocycles. The molecule has 1 fully saturated rings. The van der Waals surface area contributed by atoms with Gasteiger partial charge in [-0.3, -0.25) is 14.6 Å². The molecule has 1 aromatic carbocycles. The maximum atomic E-state index is 15.4. The van der Waals surface area contributed by atoms with Crippen LogP contribution in [0.25, 0.3) is 0 Å². The minimum Gasteiger partial charge on any atom is -0.495 e. The molecular weight excluding hydrogens is 469 g/mol. The van der Waals surface area contributed by atoms with Crippen LogP contribution in [0.3, 0.4) is 0 Å². The predicted octanol–water partition coefficient (Wildman–Crippen LogP) is 3.92. The Morgan fingerprint density at radius 1 is 1.24 bits per heavy atom. The fourth-order valence-corrected chi connectivity index (χ4v) is 4.81. The van der Waals surface area contributed by atoms with E-state index in [1.165, 1.54) is 30.1 Å². The lowest BCUT2D eigenvalue weighted by Crippen LogP contribution is -2.53. The second kappa shape index (κ2) is 9.49. The molecule has 2 aliphatic rings. The first-order valence-corrected chi connectivity index (χ1v) is 11.2. The zero-order valence-corrected chi connectivity index (χ0v) is 19.7. The van der Waals surface area contributed by atoms with Crippen molar-refractivity contribution in [3.63, 3.8) is 0 Å². The van der Waals surface area contributed by atoms with Crippen LogP contribution in [0.5, 0.6) is 11.5 Å². The van der Waals surface area contributed by atoms with E-state index in [0.29, 0.717) is 43.0 Å². The van der Waals surface area contributed by atoms with E-state index in [1.54, 1.807) is 13.2 Å². The highest BCUT2D eigenvalue weighted by molar-refractivity contribution is 6.35. The number of halogens is 2. The molecule has 0 atom stereocenters. The third-order valence-corrected chi connectivity index (χ3v) is 6.66. The first-order valence-electron chi connectivity index (χ1n) is 10.8. The van der Waals surface area contributed by atoms with Gasteiger partial charge in [0, 0.05) is 30.9 Å². The summed E-state index contributed by atoms with van der Waals surface area (Å²) in [7, 11) is 4.36. The van der Waals surface area contributed by atoms with Crippen LogP contribution in [-0.4, -0.2) is 54.4 Å². The van der Waals surface area contributed by atoms with Crippen LogP contribution in [0, 0.1) is 11.7 Å². The lowest BCUT2D eigenvalue weighted by molar-refractivity contribution is -0.142. The molecular formula is C22H25ClFN5O5. The average Bonchev–Trinajstić information content (AvgIpc) is 2.84. The smallest absolute Gasteiger partial charge is 0.330 e. The number of hydrogen-bond donors (Lipinski definition) is 2. The van der Waals surface area contributed by atoms with Gasteiger partial charge in [0.1, 0.15) is 22.3 Å². The van der Waals surface area contributed by atoms with E-state index >= 15 is 4.39 Å². The number of nitrogens with one attached hydrogen (secondary N) is 1. The topological polar surface area (TPSA) is 117 Å². The number of methoxy groups -OCH3 is 2. The predicted molar refractivity (Wildman–Crippen MR) is 124 cm³/mol. The van der Waals surface area contributed by atoms with Gasteiger partial charge < -0.3 is 19.9 Å². The average molecular weight is 494 g/mol. The van der Waals surface area contributed by atoms with Gasteiger partial charge in [0.2, 0.25) is 5.95 Å². The summed E-state index contributed by atoms with van der Waals surface area (Å²) >= 11 is 6.46. The van der Waals surface area contributed by atoms with Gasteiger partial charge in [-0.15, -0.1) is 0 Å². The molecule has 0 saturated heterocycles. The maximum absolute atomic E-state index is 15.4. The fourth-order valence-electron chi connectivity index (χ4n) is 4.49. The van der Waals surface area contributed by atoms with Crippen LogP contribution in [0.2, 0.25) is 5.02 Å². The number of rotatable bonds is 6. The second-order valence-corrected chi connectivity index (χ2v) is 8.51. The zero-order chi connectivity index (χ0) is 24.6. The number of aromatic nitrogens is 2. The number of benzene rings is 1. The second-order valence-electron chi connectivity index (χ2n) is 8.13. The normalized spacial score (nSPS) is 20.1. The molecule has 34 heavy (non-hydrogen) atoms. The van der Waals surface area contributed by atoms with E-state index in [1.807, 2.05) is 0 Å². The van der Waals surface area contributed by atoms with Crippen LogP contribution < -0.4 is 24.6 Å². The van der Waals surface area contributed by atoms with E-state index in [0.717, 1.165) is 0 Å². The molecule has 2 N–H and O–H groups in total. The Morgan fingerprint density at radius 3 is 2.50 bits per heavy atom. The fraction of sp³-hybridized carbons (Fsp3) is 0.455. The van der Waals surface area contributed by atoms with Crippen molar-refractivity contribution in [2.75, 3.05) is 36.4 Å². The number of anilines is 3. The molecule has 10 nitrogen and oxygen atoms in total. The van der Waals surface area contributed by atoms with E-state index in [2.05, 4.69) is 15.3 Å². The minimum absolute atomic E-state index is 0.0217. The van der Waals surface area contributed by atoms with Crippen molar-refractivity contribution in [1.82, 2.24) is 9.97 Å². The summed E-state index contributed by atoms with van der Waals surface area (Å²) in [5.41, 5.74) is 0.423. The van der Waals surface area contributed by atoms with Crippen molar-refractivity contribution < 1.29 is 28.6 Å². The number of ether oxygens (including phenoxy) is 2. The van der Waals surface area contributed by atoms with Crippen LogP contribution in [0.4, 0.5) is 26.6 Å². The molecule has 0 bridgehead atoms. The monoisotopic (exact) mass is 493 g/mol. The Balaban J connectivity index is 1.81. The molecule has 2 aromatic rings. The molecule has 2 amide bonds. The van der Waals surface area contributed by atoms with Gasteiger partial charge >= 0.3 is 12.0 Å². The van der Waals surface area contributed by atoms with Gasteiger partial charge in [0.05, 0.1) is 26.7 Å². The summed E-state index contributed by atoms with van der Waals surface area (Å²) in [5.74, 6) is -1.33. The van der Waals surface area contributed by atoms with Crippen LogP contribution in [0.15, 0.2) is 12.3 Å². The number of nitrogens with zero attached hydrogens (tertiary/aromatic N) is 4. The van der Waals surface area contributed by atoms with E-state index in [4.69, 9.17) is 21.1 Å². The molecule has 4 rings (SSSR count). The van der Waals surface area contributed by atoms with E-state index in [-0.39, 0.29) is 34.8 Å². The van der Waals surface area contributed by atoms with Crippen LogP contribution in [0.1, 0.15) is 31.2 Å². The summed E-state index contributed by atoms with van der Waals surface area (Å²) in [6.07, 6.45) is 3.35. The van der Waals surface area contributed by atoms with Crippen molar-refractivity contribution in [3.05, 3.63) is 28.7 Å². The van der Waals surface area contributed by atoms with Crippen molar-refractivity contribution in [1.29, 1.82) is 0 Å². The lowest BCUT2D eigenvalue weighted by Gasteiger charge is -2.42. The summed E-state index contributed by atoms with van der Waals surface area (Å²) in [6, 6.07) is 0.471. The summed E-state index contributed by atoms with van der Waals surface area (Å²) in [6.45, 7) is -0.0217. The van der Waals surface area contributed by atoms with Crippen LogP contribution in [-0.2, 0) is 11.3 Å². The molecule has 12 heteroatoms. The standard InChI is InChI=1S/C22H25ClFN5O5/c1-25-21-26-9-12-10-28(18-16(23)14(33-2)8-15(34-3)17(18)24)22(32)29(19(12)27-21)13-6-4-11(5-7-13)20(30)31/h8-9,11,13H,4-7,10H2,1-3H3,(H,30,31)(H,25,26,27).